The maximum Gasteiger partial charge on any atom is 0.414 e. The smallest absolute Gasteiger partial charge is 0.414 e. The number of rotatable bonds is 3. The van der Waals surface area contributed by atoms with E-state index in [9.17, 15) is 23.1 Å². The van der Waals surface area contributed by atoms with E-state index in [1.54, 1.807) is 6.92 Å². The second-order valence-corrected chi connectivity index (χ2v) is 4.70. The Morgan fingerprint density at radius 2 is 2.00 bits per heavy atom. The van der Waals surface area contributed by atoms with E-state index < -0.39 is 18.1 Å². The average molecular weight is 310 g/mol. The van der Waals surface area contributed by atoms with Gasteiger partial charge in [-0.2, -0.15) is 13.2 Å². The second kappa shape index (κ2) is 6.05. The van der Waals surface area contributed by atoms with Crippen LogP contribution in [-0.2, 0) is 0 Å². The first-order chi connectivity index (χ1) is 10.3. The Kier molecular flexibility index (Phi) is 4.35. The first-order valence-corrected chi connectivity index (χ1v) is 6.37. The van der Waals surface area contributed by atoms with Gasteiger partial charge in [-0.3, -0.25) is 9.78 Å². The van der Waals surface area contributed by atoms with Gasteiger partial charge < -0.3 is 10.4 Å². The summed E-state index contributed by atoms with van der Waals surface area (Å²) in [7, 11) is 0. The summed E-state index contributed by atoms with van der Waals surface area (Å²) in [5.41, 5.74) is 0.133. The van der Waals surface area contributed by atoms with Crippen LogP contribution in [0.4, 0.5) is 13.2 Å². The molecule has 0 saturated heterocycles. The predicted molar refractivity (Wildman–Crippen MR) is 73.3 cm³/mol. The molecule has 0 aliphatic rings. The summed E-state index contributed by atoms with van der Waals surface area (Å²) >= 11 is 0. The maximum atomic E-state index is 13.1. The second-order valence-electron chi connectivity index (χ2n) is 4.70. The van der Waals surface area contributed by atoms with E-state index in [4.69, 9.17) is 0 Å². The van der Waals surface area contributed by atoms with E-state index in [2.05, 4.69) is 4.98 Å². The van der Waals surface area contributed by atoms with Crippen molar-refractivity contribution in [3.63, 3.8) is 0 Å². The molecule has 1 unspecified atom stereocenters. The van der Waals surface area contributed by atoms with Crippen molar-refractivity contribution in [2.45, 2.75) is 19.1 Å². The van der Waals surface area contributed by atoms with Crippen molar-refractivity contribution in [2.24, 2.45) is 0 Å². The lowest BCUT2D eigenvalue weighted by molar-refractivity contribution is -0.156. The van der Waals surface area contributed by atoms with Crippen LogP contribution in [0, 0.1) is 6.92 Å². The van der Waals surface area contributed by atoms with Gasteiger partial charge in [0.15, 0.2) is 6.04 Å². The molecule has 1 amide bonds. The van der Waals surface area contributed by atoms with Gasteiger partial charge in [0, 0.05) is 11.8 Å². The Labute approximate surface area is 124 Å². The van der Waals surface area contributed by atoms with Crippen molar-refractivity contribution in [2.75, 3.05) is 0 Å². The molecular formula is C15H13F3N2O2. The molecule has 0 spiro atoms. The van der Waals surface area contributed by atoms with Crippen molar-refractivity contribution >= 4 is 5.91 Å². The van der Waals surface area contributed by atoms with Gasteiger partial charge in [0.25, 0.3) is 5.91 Å². The molecule has 7 heteroatoms. The Balaban J connectivity index is 2.27. The van der Waals surface area contributed by atoms with Crippen molar-refractivity contribution in [3.8, 4) is 5.75 Å². The molecule has 0 fully saturated rings. The number of carbonyl (C=O) groups excluding carboxylic acids is 1. The van der Waals surface area contributed by atoms with Crippen molar-refractivity contribution < 1.29 is 23.1 Å². The van der Waals surface area contributed by atoms with Gasteiger partial charge in [-0.05, 0) is 42.8 Å². The number of amides is 1. The summed E-state index contributed by atoms with van der Waals surface area (Å²) in [4.78, 5) is 15.7. The van der Waals surface area contributed by atoms with Gasteiger partial charge in [0.2, 0.25) is 0 Å². The van der Waals surface area contributed by atoms with E-state index >= 15 is 0 Å². The third-order valence-corrected chi connectivity index (χ3v) is 3.05. The number of nitrogens with one attached hydrogen (secondary N) is 1. The summed E-state index contributed by atoms with van der Waals surface area (Å²) in [5, 5.41) is 11.3. The lowest BCUT2D eigenvalue weighted by atomic mass is 10.1. The fourth-order valence-corrected chi connectivity index (χ4v) is 1.88. The number of aromatic hydroxyl groups is 1. The number of benzene rings is 1. The van der Waals surface area contributed by atoms with Crippen molar-refractivity contribution in [3.05, 3.63) is 59.4 Å². The molecule has 22 heavy (non-hydrogen) atoms. The zero-order valence-electron chi connectivity index (χ0n) is 11.6. The number of alkyl halides is 3. The monoisotopic (exact) mass is 310 g/mol. The summed E-state index contributed by atoms with van der Waals surface area (Å²) in [6.07, 6.45) is -3.44. The molecule has 0 aliphatic carbocycles. The van der Waals surface area contributed by atoms with Crippen LogP contribution in [-0.4, -0.2) is 22.2 Å². The molecule has 1 aromatic carbocycles. The third kappa shape index (κ3) is 3.55. The number of hydrogen-bond donors (Lipinski definition) is 2. The van der Waals surface area contributed by atoms with Crippen LogP contribution < -0.4 is 5.32 Å². The SMILES string of the molecule is Cc1cc(C(=O)NC(c2ccccn2)C(F)(F)F)ccc1O. The topological polar surface area (TPSA) is 62.2 Å². The number of nitrogens with zero attached hydrogens (tertiary/aromatic N) is 1. The highest BCUT2D eigenvalue weighted by Gasteiger charge is 2.42. The largest absolute Gasteiger partial charge is 0.508 e. The Morgan fingerprint density at radius 3 is 2.55 bits per heavy atom. The molecule has 2 N–H and O–H groups in total. The number of phenols is 1. The molecule has 1 aromatic heterocycles. The van der Waals surface area contributed by atoms with Crippen LogP contribution in [0.2, 0.25) is 0 Å². The van der Waals surface area contributed by atoms with Crippen molar-refractivity contribution in [1.29, 1.82) is 0 Å². The fourth-order valence-electron chi connectivity index (χ4n) is 1.88. The zero-order chi connectivity index (χ0) is 16.3. The number of aryl methyl sites for hydroxylation is 1. The molecule has 4 nitrogen and oxygen atoms in total. The van der Waals surface area contributed by atoms with Crippen molar-refractivity contribution in [1.82, 2.24) is 10.3 Å². The third-order valence-electron chi connectivity index (χ3n) is 3.05. The molecule has 0 aliphatic heterocycles. The standard InChI is InChI=1S/C15H13F3N2O2/c1-9-8-10(5-6-12(9)21)14(22)20-13(15(16,17)18)11-4-2-3-7-19-11/h2-8,13,21H,1H3,(H,20,22). The summed E-state index contributed by atoms with van der Waals surface area (Å²) in [5.74, 6) is -0.926. The summed E-state index contributed by atoms with van der Waals surface area (Å²) < 4.78 is 39.4. The molecule has 1 atom stereocenters. The minimum atomic E-state index is -4.67. The Hall–Kier alpha value is -2.57. The highest BCUT2D eigenvalue weighted by molar-refractivity contribution is 5.94. The number of halogens is 3. The van der Waals surface area contributed by atoms with E-state index in [-0.39, 0.29) is 17.0 Å². The first kappa shape index (κ1) is 15.8. The predicted octanol–water partition coefficient (Wildman–Crippen LogP) is 3.13. The molecule has 1 heterocycles. The van der Waals surface area contributed by atoms with Gasteiger partial charge >= 0.3 is 6.18 Å². The number of aromatic nitrogens is 1. The summed E-state index contributed by atoms with van der Waals surface area (Å²) in [6.45, 7) is 1.55. The van der Waals surface area contributed by atoms with E-state index in [1.807, 2.05) is 5.32 Å². The molecule has 2 rings (SSSR count). The van der Waals surface area contributed by atoms with Gasteiger partial charge in [-0.15, -0.1) is 0 Å². The number of pyridine rings is 1. The normalized spacial score (nSPS) is 12.7. The summed E-state index contributed by atoms with van der Waals surface area (Å²) in [6, 6.07) is 5.73. The molecular weight excluding hydrogens is 297 g/mol. The van der Waals surface area contributed by atoms with Crippen LogP contribution in [0.25, 0.3) is 0 Å². The molecule has 2 aromatic rings. The minimum Gasteiger partial charge on any atom is -0.508 e. The van der Waals surface area contributed by atoms with Gasteiger partial charge in [-0.25, -0.2) is 0 Å². The lowest BCUT2D eigenvalue weighted by Crippen LogP contribution is -2.38. The van der Waals surface area contributed by atoms with Crippen LogP contribution in [0.1, 0.15) is 27.7 Å². The lowest BCUT2D eigenvalue weighted by Gasteiger charge is -2.21. The Bertz CT molecular complexity index is 672. The van der Waals surface area contributed by atoms with Gasteiger partial charge in [0.05, 0.1) is 5.69 Å². The maximum absolute atomic E-state index is 13.1. The molecule has 0 bridgehead atoms. The quantitative estimate of drug-likeness (QED) is 0.915. The average Bonchev–Trinajstić information content (AvgIpc) is 2.47. The molecule has 0 saturated carbocycles. The highest BCUT2D eigenvalue weighted by atomic mass is 19.4. The van der Waals surface area contributed by atoms with E-state index in [0.29, 0.717) is 5.56 Å². The Morgan fingerprint density at radius 1 is 1.27 bits per heavy atom. The fraction of sp³-hybridized carbons (Fsp3) is 0.200. The van der Waals surface area contributed by atoms with Crippen LogP contribution in [0.15, 0.2) is 42.6 Å². The molecule has 0 radical (unpaired) electrons. The highest BCUT2D eigenvalue weighted by Crippen LogP contribution is 2.32. The van der Waals surface area contributed by atoms with Crippen LogP contribution in [0.3, 0.4) is 0 Å². The van der Waals surface area contributed by atoms with Gasteiger partial charge in [0.1, 0.15) is 5.75 Å². The zero-order valence-corrected chi connectivity index (χ0v) is 11.6. The number of carbonyl (C=O) groups is 1. The van der Waals surface area contributed by atoms with E-state index in [1.165, 1.54) is 42.6 Å². The van der Waals surface area contributed by atoms with Crippen LogP contribution in [0.5, 0.6) is 5.75 Å². The van der Waals surface area contributed by atoms with Crippen LogP contribution >= 0.6 is 0 Å². The molecule has 116 valence electrons. The first-order valence-electron chi connectivity index (χ1n) is 6.37. The number of phenolic OH excluding ortho intramolecular Hbond substituents is 1. The van der Waals surface area contributed by atoms with Gasteiger partial charge in [-0.1, -0.05) is 6.07 Å². The minimum absolute atomic E-state index is 0.0282. The number of hydrogen-bond acceptors (Lipinski definition) is 3. The van der Waals surface area contributed by atoms with E-state index in [0.717, 1.165) is 0 Å².